The Bertz CT molecular complexity index is 335. The van der Waals surface area contributed by atoms with Crippen LogP contribution in [0.1, 0.15) is 39.0 Å². The highest BCUT2D eigenvalue weighted by molar-refractivity contribution is 7.89. The van der Waals surface area contributed by atoms with Crippen LogP contribution < -0.4 is 10.5 Å². The van der Waals surface area contributed by atoms with E-state index in [4.69, 9.17) is 18.0 Å². The molecular weight excluding hydrogens is 244 g/mol. The van der Waals surface area contributed by atoms with E-state index in [2.05, 4.69) is 4.72 Å². The highest BCUT2D eigenvalue weighted by Crippen LogP contribution is 2.27. The maximum absolute atomic E-state index is 11.5. The normalized spacial score (nSPS) is 20.6. The second-order valence-electron chi connectivity index (χ2n) is 4.30. The van der Waals surface area contributed by atoms with Gasteiger partial charge in [0.15, 0.2) is 0 Å². The molecular formula is C10H20N2O2S2. The summed E-state index contributed by atoms with van der Waals surface area (Å²) in [7, 11) is -3.23. The van der Waals surface area contributed by atoms with Crippen LogP contribution in [0.2, 0.25) is 0 Å². The summed E-state index contributed by atoms with van der Waals surface area (Å²) in [6, 6.07) is -0.361. The summed E-state index contributed by atoms with van der Waals surface area (Å²) in [6.45, 7) is 1.61. The Morgan fingerprint density at radius 2 is 2.00 bits per heavy atom. The monoisotopic (exact) mass is 264 g/mol. The maximum atomic E-state index is 11.5. The molecule has 16 heavy (non-hydrogen) atoms. The molecule has 0 heterocycles. The lowest BCUT2D eigenvalue weighted by Crippen LogP contribution is -2.49. The van der Waals surface area contributed by atoms with E-state index in [-0.39, 0.29) is 22.7 Å². The van der Waals surface area contributed by atoms with Crippen LogP contribution in [-0.4, -0.2) is 25.2 Å². The van der Waals surface area contributed by atoms with Crippen LogP contribution in [0.4, 0.5) is 0 Å². The van der Waals surface area contributed by atoms with Crippen LogP contribution in [0.5, 0.6) is 0 Å². The molecule has 1 aliphatic carbocycles. The first-order valence-corrected chi connectivity index (χ1v) is 7.81. The molecule has 0 spiro atoms. The number of hydrogen-bond donors (Lipinski definition) is 2. The summed E-state index contributed by atoms with van der Waals surface area (Å²) in [6.07, 6.45) is 5.51. The van der Waals surface area contributed by atoms with Crippen molar-refractivity contribution in [3.05, 3.63) is 0 Å². The van der Waals surface area contributed by atoms with Gasteiger partial charge in [-0.3, -0.25) is 0 Å². The third-order valence-electron chi connectivity index (χ3n) is 3.11. The zero-order valence-corrected chi connectivity index (χ0v) is 11.2. The topological polar surface area (TPSA) is 72.2 Å². The van der Waals surface area contributed by atoms with Gasteiger partial charge in [0.1, 0.15) is 0 Å². The number of nitrogens with two attached hydrogens (primary N) is 1. The van der Waals surface area contributed by atoms with Crippen LogP contribution >= 0.6 is 12.2 Å². The van der Waals surface area contributed by atoms with E-state index in [1.807, 2.05) is 0 Å². The van der Waals surface area contributed by atoms with Crippen molar-refractivity contribution in [2.75, 3.05) is 5.75 Å². The van der Waals surface area contributed by atoms with Crippen molar-refractivity contribution < 1.29 is 8.42 Å². The number of nitrogens with one attached hydrogen (secondary N) is 1. The molecule has 6 heteroatoms. The van der Waals surface area contributed by atoms with Gasteiger partial charge in [0.25, 0.3) is 0 Å². The van der Waals surface area contributed by atoms with Crippen molar-refractivity contribution in [2.45, 2.75) is 45.1 Å². The van der Waals surface area contributed by atoms with Crippen molar-refractivity contribution in [1.29, 1.82) is 0 Å². The predicted molar refractivity (Wildman–Crippen MR) is 69.7 cm³/mol. The van der Waals surface area contributed by atoms with E-state index >= 15 is 0 Å². The van der Waals surface area contributed by atoms with Crippen LogP contribution in [0.15, 0.2) is 0 Å². The van der Waals surface area contributed by atoms with Crippen LogP contribution in [0, 0.1) is 5.92 Å². The van der Waals surface area contributed by atoms with E-state index in [1.54, 1.807) is 6.92 Å². The highest BCUT2D eigenvalue weighted by Gasteiger charge is 2.28. The first-order valence-electron chi connectivity index (χ1n) is 5.75. The standard InChI is InChI=1S/C10H20N2O2S2/c1-2-16(13,14)12-9(10(11)15)8-6-4-3-5-7-8/h8-9,12H,2-7H2,1H3,(H2,11,15). The highest BCUT2D eigenvalue weighted by atomic mass is 32.2. The van der Waals surface area contributed by atoms with Gasteiger partial charge in [-0.15, -0.1) is 0 Å². The Morgan fingerprint density at radius 1 is 1.44 bits per heavy atom. The zero-order chi connectivity index (χ0) is 12.2. The molecule has 1 aliphatic rings. The quantitative estimate of drug-likeness (QED) is 0.731. The van der Waals surface area contributed by atoms with Gasteiger partial charge in [0, 0.05) is 0 Å². The molecule has 0 aromatic carbocycles. The van der Waals surface area contributed by atoms with Gasteiger partial charge < -0.3 is 5.73 Å². The lowest BCUT2D eigenvalue weighted by atomic mass is 9.84. The van der Waals surface area contributed by atoms with Gasteiger partial charge in [0.05, 0.1) is 16.8 Å². The Morgan fingerprint density at radius 3 is 2.44 bits per heavy atom. The average molecular weight is 264 g/mol. The Hall–Kier alpha value is -0.200. The van der Waals surface area contributed by atoms with Crippen LogP contribution in [0.25, 0.3) is 0 Å². The van der Waals surface area contributed by atoms with E-state index in [0.717, 1.165) is 25.7 Å². The molecule has 4 nitrogen and oxygen atoms in total. The van der Waals surface area contributed by atoms with Crippen molar-refractivity contribution in [2.24, 2.45) is 11.7 Å². The molecule has 0 amide bonds. The molecule has 1 unspecified atom stereocenters. The zero-order valence-electron chi connectivity index (χ0n) is 9.61. The first kappa shape index (κ1) is 13.9. The first-order chi connectivity index (χ1) is 7.46. The molecule has 1 atom stereocenters. The molecule has 1 fully saturated rings. The lowest BCUT2D eigenvalue weighted by Gasteiger charge is -2.29. The fraction of sp³-hybridized carbons (Fsp3) is 0.900. The average Bonchev–Trinajstić information content (AvgIpc) is 2.27. The third kappa shape index (κ3) is 3.99. The van der Waals surface area contributed by atoms with E-state index < -0.39 is 10.0 Å². The van der Waals surface area contributed by atoms with Gasteiger partial charge in [0.2, 0.25) is 10.0 Å². The number of thiocarbonyl (C=S) groups is 1. The molecule has 0 aromatic rings. The minimum Gasteiger partial charge on any atom is -0.392 e. The summed E-state index contributed by atoms with van der Waals surface area (Å²) < 4.78 is 25.7. The smallest absolute Gasteiger partial charge is 0.211 e. The van der Waals surface area contributed by atoms with Gasteiger partial charge in [-0.25, -0.2) is 13.1 Å². The molecule has 0 bridgehead atoms. The minimum absolute atomic E-state index is 0.0683. The SMILES string of the molecule is CCS(=O)(=O)NC(C(N)=S)C1CCCCC1. The van der Waals surface area contributed by atoms with Crippen molar-refractivity contribution in [1.82, 2.24) is 4.72 Å². The number of sulfonamides is 1. The van der Waals surface area contributed by atoms with Crippen molar-refractivity contribution >= 4 is 27.2 Å². The van der Waals surface area contributed by atoms with Gasteiger partial charge in [-0.05, 0) is 25.7 Å². The number of hydrogen-bond acceptors (Lipinski definition) is 3. The molecule has 0 aliphatic heterocycles. The minimum atomic E-state index is -3.23. The molecule has 94 valence electrons. The van der Waals surface area contributed by atoms with Crippen LogP contribution in [0.3, 0.4) is 0 Å². The molecule has 0 saturated heterocycles. The second-order valence-corrected chi connectivity index (χ2v) is 6.81. The molecule has 0 radical (unpaired) electrons. The Labute approximate surface area is 103 Å². The predicted octanol–water partition coefficient (Wildman–Crippen LogP) is 1.16. The fourth-order valence-corrected chi connectivity index (χ4v) is 3.33. The summed E-state index contributed by atoms with van der Waals surface area (Å²) in [4.78, 5) is 0.268. The Balaban J connectivity index is 2.70. The van der Waals surface area contributed by atoms with E-state index in [9.17, 15) is 8.42 Å². The molecule has 3 N–H and O–H groups in total. The molecule has 1 saturated carbocycles. The second kappa shape index (κ2) is 5.93. The van der Waals surface area contributed by atoms with Crippen molar-refractivity contribution in [3.63, 3.8) is 0 Å². The lowest BCUT2D eigenvalue weighted by molar-refractivity contribution is 0.330. The molecule has 1 rings (SSSR count). The van der Waals surface area contributed by atoms with E-state index in [1.165, 1.54) is 6.42 Å². The maximum Gasteiger partial charge on any atom is 0.211 e. The fourth-order valence-electron chi connectivity index (χ4n) is 2.13. The number of rotatable bonds is 5. The summed E-state index contributed by atoms with van der Waals surface area (Å²) in [5.74, 6) is 0.339. The van der Waals surface area contributed by atoms with Crippen molar-refractivity contribution in [3.8, 4) is 0 Å². The summed E-state index contributed by atoms with van der Waals surface area (Å²) in [5, 5.41) is 0. The molecule has 0 aromatic heterocycles. The largest absolute Gasteiger partial charge is 0.392 e. The van der Waals surface area contributed by atoms with Gasteiger partial charge in [-0.2, -0.15) is 0 Å². The summed E-state index contributed by atoms with van der Waals surface area (Å²) in [5.41, 5.74) is 5.63. The third-order valence-corrected chi connectivity index (χ3v) is 4.74. The van der Waals surface area contributed by atoms with Crippen LogP contribution in [-0.2, 0) is 10.0 Å². The summed E-state index contributed by atoms with van der Waals surface area (Å²) >= 11 is 4.96. The van der Waals surface area contributed by atoms with Gasteiger partial charge in [-0.1, -0.05) is 31.5 Å². The van der Waals surface area contributed by atoms with Gasteiger partial charge >= 0.3 is 0 Å². The Kier molecular flexibility index (Phi) is 5.14. The van der Waals surface area contributed by atoms with E-state index in [0.29, 0.717) is 0 Å².